The molecule has 0 aliphatic heterocycles. The van der Waals surface area contributed by atoms with Crippen LogP contribution in [0.4, 0.5) is 4.39 Å². The van der Waals surface area contributed by atoms with Crippen molar-refractivity contribution in [3.8, 4) is 0 Å². The Morgan fingerprint density at radius 2 is 2.10 bits per heavy atom. The molecule has 1 fully saturated rings. The molecule has 1 aromatic carbocycles. The molecule has 0 bridgehead atoms. The van der Waals surface area contributed by atoms with E-state index >= 15 is 0 Å². The first-order valence-electron chi connectivity index (χ1n) is 7.45. The summed E-state index contributed by atoms with van der Waals surface area (Å²) < 4.78 is 41.1. The summed E-state index contributed by atoms with van der Waals surface area (Å²) >= 11 is 0. The summed E-state index contributed by atoms with van der Waals surface area (Å²) in [4.78, 5) is -0.259. The van der Waals surface area contributed by atoms with Crippen LogP contribution in [0.1, 0.15) is 38.7 Å². The summed E-state index contributed by atoms with van der Waals surface area (Å²) in [6, 6.07) is 4.11. The van der Waals surface area contributed by atoms with Crippen molar-refractivity contribution in [2.45, 2.75) is 50.6 Å². The maximum atomic E-state index is 13.9. The van der Waals surface area contributed by atoms with Crippen molar-refractivity contribution in [1.29, 1.82) is 0 Å². The van der Waals surface area contributed by atoms with Crippen LogP contribution in [0.15, 0.2) is 23.1 Å². The van der Waals surface area contributed by atoms with Crippen molar-refractivity contribution in [2.75, 3.05) is 6.54 Å². The molecule has 1 unspecified atom stereocenters. The van der Waals surface area contributed by atoms with Gasteiger partial charge in [-0.25, -0.2) is 17.5 Å². The van der Waals surface area contributed by atoms with Gasteiger partial charge < -0.3 is 5.32 Å². The van der Waals surface area contributed by atoms with E-state index in [1.54, 1.807) is 6.07 Å². The summed E-state index contributed by atoms with van der Waals surface area (Å²) in [6.07, 6.45) is 3.06. The van der Waals surface area contributed by atoms with E-state index in [0.29, 0.717) is 12.5 Å². The average Bonchev–Trinajstić information content (AvgIpc) is 3.24. The molecule has 4 nitrogen and oxygen atoms in total. The van der Waals surface area contributed by atoms with E-state index in [1.165, 1.54) is 12.1 Å². The summed E-state index contributed by atoms with van der Waals surface area (Å²) in [5.74, 6) is -0.318. The first-order valence-corrected chi connectivity index (χ1v) is 8.94. The molecule has 0 aromatic heterocycles. The van der Waals surface area contributed by atoms with Gasteiger partial charge in [0.1, 0.15) is 10.7 Å². The highest BCUT2D eigenvalue weighted by Crippen LogP contribution is 2.33. The lowest BCUT2D eigenvalue weighted by Crippen LogP contribution is -2.34. The molecule has 1 saturated carbocycles. The second-order valence-corrected chi connectivity index (χ2v) is 7.37. The normalized spacial score (nSPS) is 16.9. The fraction of sp³-hybridized carbons (Fsp3) is 0.600. The average molecular weight is 314 g/mol. The van der Waals surface area contributed by atoms with Crippen LogP contribution in [0.5, 0.6) is 0 Å². The van der Waals surface area contributed by atoms with Crippen LogP contribution in [0.2, 0.25) is 0 Å². The molecule has 0 heterocycles. The van der Waals surface area contributed by atoms with Crippen LogP contribution in [0, 0.1) is 11.7 Å². The molecule has 1 aliphatic rings. The zero-order chi connectivity index (χ0) is 15.5. The maximum Gasteiger partial charge on any atom is 0.243 e. The van der Waals surface area contributed by atoms with Gasteiger partial charge in [-0.15, -0.1) is 0 Å². The predicted molar refractivity (Wildman–Crippen MR) is 80.9 cm³/mol. The topological polar surface area (TPSA) is 58.2 Å². The van der Waals surface area contributed by atoms with Gasteiger partial charge in [-0.1, -0.05) is 13.0 Å². The third-order valence-corrected chi connectivity index (χ3v) is 5.29. The smallest absolute Gasteiger partial charge is 0.243 e. The summed E-state index contributed by atoms with van der Waals surface area (Å²) in [5.41, 5.74) is 0.768. The number of rotatable bonds is 8. The van der Waals surface area contributed by atoms with Crippen molar-refractivity contribution >= 4 is 10.0 Å². The van der Waals surface area contributed by atoms with Gasteiger partial charge in [0.15, 0.2) is 0 Å². The molecule has 0 radical (unpaired) electrons. The third kappa shape index (κ3) is 4.49. The molecule has 6 heteroatoms. The Balaban J connectivity index is 2.14. The molecule has 2 N–H and O–H groups in total. The molecule has 1 atom stereocenters. The van der Waals surface area contributed by atoms with Crippen molar-refractivity contribution in [3.63, 3.8) is 0 Å². The van der Waals surface area contributed by atoms with Gasteiger partial charge in [-0.05, 0) is 56.3 Å². The number of halogens is 1. The van der Waals surface area contributed by atoms with Gasteiger partial charge in [0.05, 0.1) is 0 Å². The summed E-state index contributed by atoms with van der Waals surface area (Å²) in [5, 5.41) is 3.18. The second-order valence-electron chi connectivity index (χ2n) is 5.69. The maximum absolute atomic E-state index is 13.9. The van der Waals surface area contributed by atoms with Crippen LogP contribution >= 0.6 is 0 Å². The van der Waals surface area contributed by atoms with Crippen LogP contribution in [-0.2, 0) is 16.6 Å². The molecule has 118 valence electrons. The standard InChI is InChI=1S/C15H23FN2O2S/c1-3-8-17-10-12-4-7-14(16)15(9-12)21(19,20)18-11(2)13-5-6-13/h4,7,9,11,13,17-18H,3,5-6,8,10H2,1-2H3. The number of nitrogens with one attached hydrogen (secondary N) is 2. The second kappa shape index (κ2) is 6.85. The van der Waals surface area contributed by atoms with E-state index in [-0.39, 0.29) is 10.9 Å². The van der Waals surface area contributed by atoms with Crippen molar-refractivity contribution in [2.24, 2.45) is 5.92 Å². The van der Waals surface area contributed by atoms with Crippen molar-refractivity contribution in [1.82, 2.24) is 10.0 Å². The van der Waals surface area contributed by atoms with Crippen LogP contribution in [-0.4, -0.2) is 21.0 Å². The molecule has 0 saturated heterocycles. The zero-order valence-corrected chi connectivity index (χ0v) is 13.3. The Labute approximate surface area is 126 Å². The minimum absolute atomic E-state index is 0.142. The lowest BCUT2D eigenvalue weighted by Gasteiger charge is -2.14. The van der Waals surface area contributed by atoms with Crippen molar-refractivity contribution in [3.05, 3.63) is 29.6 Å². The summed E-state index contributed by atoms with van der Waals surface area (Å²) in [7, 11) is -3.80. The molecule has 0 amide bonds. The quantitative estimate of drug-likeness (QED) is 0.725. The highest BCUT2D eigenvalue weighted by Gasteiger charge is 2.32. The van der Waals surface area contributed by atoms with Gasteiger partial charge in [-0.2, -0.15) is 0 Å². The molecule has 0 spiro atoms. The Kier molecular flexibility index (Phi) is 5.35. The zero-order valence-electron chi connectivity index (χ0n) is 12.5. The van der Waals surface area contributed by atoms with Gasteiger partial charge in [0.25, 0.3) is 0 Å². The number of hydrogen-bond donors (Lipinski definition) is 2. The number of hydrogen-bond acceptors (Lipinski definition) is 3. The van der Waals surface area contributed by atoms with Crippen LogP contribution in [0.3, 0.4) is 0 Å². The fourth-order valence-electron chi connectivity index (χ4n) is 2.27. The Hall–Kier alpha value is -0.980. The van der Waals surface area contributed by atoms with Crippen molar-refractivity contribution < 1.29 is 12.8 Å². The predicted octanol–water partition coefficient (Wildman–Crippen LogP) is 2.40. The SMILES string of the molecule is CCCNCc1ccc(F)c(S(=O)(=O)NC(C)C2CC2)c1. The van der Waals surface area contributed by atoms with Crippen LogP contribution in [0.25, 0.3) is 0 Å². The molecule has 1 aromatic rings. The Bertz CT molecular complexity index is 585. The lowest BCUT2D eigenvalue weighted by atomic mass is 10.2. The number of sulfonamides is 1. The fourth-order valence-corrected chi connectivity index (χ4v) is 3.71. The third-order valence-electron chi connectivity index (χ3n) is 3.71. The lowest BCUT2D eigenvalue weighted by molar-refractivity contribution is 0.525. The molecular formula is C15H23FN2O2S. The van der Waals surface area contributed by atoms with E-state index < -0.39 is 15.8 Å². The molecule has 2 rings (SSSR count). The molecule has 21 heavy (non-hydrogen) atoms. The monoisotopic (exact) mass is 314 g/mol. The van der Waals surface area contributed by atoms with Crippen LogP contribution < -0.4 is 10.0 Å². The largest absolute Gasteiger partial charge is 0.313 e. The number of benzene rings is 1. The van der Waals surface area contributed by atoms with E-state index in [4.69, 9.17) is 0 Å². The van der Waals surface area contributed by atoms with E-state index in [2.05, 4.69) is 17.0 Å². The Morgan fingerprint density at radius 3 is 2.71 bits per heavy atom. The Morgan fingerprint density at radius 1 is 1.38 bits per heavy atom. The van der Waals surface area contributed by atoms with E-state index in [9.17, 15) is 12.8 Å². The minimum atomic E-state index is -3.80. The first-order chi connectivity index (χ1) is 9.94. The molecular weight excluding hydrogens is 291 g/mol. The highest BCUT2D eigenvalue weighted by molar-refractivity contribution is 7.89. The highest BCUT2D eigenvalue weighted by atomic mass is 32.2. The molecule has 1 aliphatic carbocycles. The first kappa shape index (κ1) is 16.4. The van der Waals surface area contributed by atoms with E-state index in [0.717, 1.165) is 31.4 Å². The van der Waals surface area contributed by atoms with Gasteiger partial charge in [0, 0.05) is 12.6 Å². The minimum Gasteiger partial charge on any atom is -0.313 e. The van der Waals surface area contributed by atoms with Gasteiger partial charge in [0.2, 0.25) is 10.0 Å². The van der Waals surface area contributed by atoms with Gasteiger partial charge >= 0.3 is 0 Å². The van der Waals surface area contributed by atoms with E-state index in [1.807, 2.05) is 6.92 Å². The summed E-state index contributed by atoms with van der Waals surface area (Å²) in [6.45, 7) is 5.27. The van der Waals surface area contributed by atoms with Gasteiger partial charge in [-0.3, -0.25) is 0 Å².